The van der Waals surface area contributed by atoms with Gasteiger partial charge in [-0.25, -0.2) is 9.59 Å². The molecule has 1 aliphatic heterocycles. The van der Waals surface area contributed by atoms with Gasteiger partial charge in [0, 0.05) is 12.3 Å². The number of carbonyl (C=O) groups excluding carboxylic acids is 2. The molecule has 1 heterocycles. The van der Waals surface area contributed by atoms with Gasteiger partial charge in [0.1, 0.15) is 12.6 Å². The number of hydrogen-bond donors (Lipinski definition) is 0. The van der Waals surface area contributed by atoms with Gasteiger partial charge in [0.25, 0.3) is 0 Å². The number of nitrogens with zero attached hydrogens (tertiary/aromatic N) is 1. The Hall–Kier alpha value is -2.86. The highest BCUT2D eigenvalue weighted by molar-refractivity contribution is 5.82. The molecule has 1 amide bonds. The van der Waals surface area contributed by atoms with Gasteiger partial charge in [-0.1, -0.05) is 48.5 Å². The maximum atomic E-state index is 13.0. The first-order chi connectivity index (χ1) is 14.8. The number of ether oxygens (including phenoxy) is 3. The molecule has 0 bridgehead atoms. The van der Waals surface area contributed by atoms with Gasteiger partial charge < -0.3 is 14.2 Å². The lowest BCUT2D eigenvalue weighted by atomic mass is 9.98. The highest BCUT2D eigenvalue weighted by Crippen LogP contribution is 2.44. The van der Waals surface area contributed by atoms with Crippen LogP contribution in [0.25, 0.3) is 11.1 Å². The van der Waals surface area contributed by atoms with Gasteiger partial charge in [-0.3, -0.25) is 4.90 Å². The second-order valence-corrected chi connectivity index (χ2v) is 9.08. The largest absolute Gasteiger partial charge is 0.467 e. The standard InChI is InChI=1S/C25H29NO5/c1-25(2,3)31-16-13-22(23(27)29-4)26(14-16)24(28)30-15-21-19-11-7-5-9-17(19)18-10-6-8-12-20(18)21/h5-12,16,21-22H,13-15H2,1-4H3/t16-,22+/m1/s1. The van der Waals surface area contributed by atoms with Gasteiger partial charge in [0.15, 0.2) is 0 Å². The lowest BCUT2D eigenvalue weighted by Crippen LogP contribution is -2.42. The molecule has 2 aromatic rings. The summed E-state index contributed by atoms with van der Waals surface area (Å²) in [5, 5.41) is 0. The van der Waals surface area contributed by atoms with Crippen LogP contribution in [0.5, 0.6) is 0 Å². The van der Waals surface area contributed by atoms with Gasteiger partial charge in [-0.2, -0.15) is 0 Å². The van der Waals surface area contributed by atoms with E-state index in [1.807, 2.05) is 45.0 Å². The predicted octanol–water partition coefficient (Wildman–Crippen LogP) is 4.37. The van der Waals surface area contributed by atoms with Crippen molar-refractivity contribution in [2.75, 3.05) is 20.3 Å². The molecule has 0 N–H and O–H groups in total. The number of likely N-dealkylation sites (tertiary alicyclic amines) is 1. The van der Waals surface area contributed by atoms with Crippen molar-refractivity contribution >= 4 is 12.1 Å². The Labute approximate surface area is 183 Å². The molecule has 0 radical (unpaired) electrons. The van der Waals surface area contributed by atoms with Crippen LogP contribution in [-0.2, 0) is 19.0 Å². The molecule has 1 aliphatic carbocycles. The molecule has 0 spiro atoms. The van der Waals surface area contributed by atoms with E-state index in [4.69, 9.17) is 14.2 Å². The van der Waals surface area contributed by atoms with Gasteiger partial charge in [-0.15, -0.1) is 0 Å². The number of benzene rings is 2. The van der Waals surface area contributed by atoms with E-state index in [1.54, 1.807) is 0 Å². The number of esters is 1. The Bertz CT molecular complexity index is 934. The molecule has 6 nitrogen and oxygen atoms in total. The molecule has 1 fully saturated rings. The van der Waals surface area contributed by atoms with E-state index in [2.05, 4.69) is 24.3 Å². The summed E-state index contributed by atoms with van der Waals surface area (Å²) in [5.41, 5.74) is 4.27. The topological polar surface area (TPSA) is 65.1 Å². The van der Waals surface area contributed by atoms with Crippen molar-refractivity contribution in [3.8, 4) is 11.1 Å². The molecule has 164 valence electrons. The maximum absolute atomic E-state index is 13.0. The minimum Gasteiger partial charge on any atom is -0.467 e. The summed E-state index contributed by atoms with van der Waals surface area (Å²) in [7, 11) is 1.33. The van der Waals surface area contributed by atoms with Crippen molar-refractivity contribution in [2.24, 2.45) is 0 Å². The fourth-order valence-electron chi connectivity index (χ4n) is 4.62. The molecule has 2 atom stereocenters. The zero-order valence-electron chi connectivity index (χ0n) is 18.5. The van der Waals surface area contributed by atoms with Crippen LogP contribution in [0.4, 0.5) is 4.79 Å². The van der Waals surface area contributed by atoms with Gasteiger partial charge in [0.05, 0.1) is 25.4 Å². The van der Waals surface area contributed by atoms with Crippen molar-refractivity contribution < 1.29 is 23.8 Å². The summed E-state index contributed by atoms with van der Waals surface area (Å²) in [6, 6.07) is 15.7. The normalized spacial score (nSPS) is 20.3. The Morgan fingerprint density at radius 3 is 2.13 bits per heavy atom. The highest BCUT2D eigenvalue weighted by Gasteiger charge is 2.43. The van der Waals surface area contributed by atoms with E-state index >= 15 is 0 Å². The Morgan fingerprint density at radius 2 is 1.58 bits per heavy atom. The SMILES string of the molecule is COC(=O)[C@@H]1C[C@@H](OC(C)(C)C)CN1C(=O)OCC1c2ccccc2-c2ccccc21. The third kappa shape index (κ3) is 4.30. The predicted molar refractivity (Wildman–Crippen MR) is 117 cm³/mol. The molecule has 0 unspecified atom stereocenters. The third-order valence-electron chi connectivity index (χ3n) is 5.83. The number of methoxy groups -OCH3 is 1. The zero-order valence-corrected chi connectivity index (χ0v) is 18.5. The average Bonchev–Trinajstić information content (AvgIpc) is 3.29. The first-order valence-corrected chi connectivity index (χ1v) is 10.7. The van der Waals surface area contributed by atoms with Crippen LogP contribution in [0.2, 0.25) is 0 Å². The Kier molecular flexibility index (Phi) is 5.75. The maximum Gasteiger partial charge on any atom is 0.410 e. The fourth-order valence-corrected chi connectivity index (χ4v) is 4.62. The Morgan fingerprint density at radius 1 is 1.00 bits per heavy atom. The number of rotatable bonds is 4. The second kappa shape index (κ2) is 8.35. The smallest absolute Gasteiger partial charge is 0.410 e. The average molecular weight is 424 g/mol. The van der Waals surface area contributed by atoms with Gasteiger partial charge in [0.2, 0.25) is 0 Å². The highest BCUT2D eigenvalue weighted by atomic mass is 16.6. The lowest BCUT2D eigenvalue weighted by Gasteiger charge is -2.25. The van der Waals surface area contributed by atoms with Crippen LogP contribution in [0, 0.1) is 0 Å². The first-order valence-electron chi connectivity index (χ1n) is 10.7. The van der Waals surface area contributed by atoms with E-state index in [9.17, 15) is 9.59 Å². The zero-order chi connectivity index (χ0) is 22.2. The molecule has 2 aromatic carbocycles. The van der Waals surface area contributed by atoms with E-state index in [0.717, 1.165) is 11.1 Å². The van der Waals surface area contributed by atoms with Gasteiger partial charge in [-0.05, 0) is 43.0 Å². The van der Waals surface area contributed by atoms with Crippen molar-refractivity contribution in [1.82, 2.24) is 4.90 Å². The van der Waals surface area contributed by atoms with Crippen molar-refractivity contribution in [2.45, 2.75) is 50.9 Å². The number of amides is 1. The molecule has 0 saturated carbocycles. The number of fused-ring (bicyclic) bond motifs is 3. The fraction of sp³-hybridized carbons (Fsp3) is 0.440. The Balaban J connectivity index is 1.49. The first kappa shape index (κ1) is 21.4. The number of hydrogen-bond acceptors (Lipinski definition) is 5. The quantitative estimate of drug-likeness (QED) is 0.684. The van der Waals surface area contributed by atoms with E-state index in [1.165, 1.54) is 23.1 Å². The van der Waals surface area contributed by atoms with Crippen LogP contribution in [-0.4, -0.2) is 55.0 Å². The summed E-state index contributed by atoms with van der Waals surface area (Å²) in [6.07, 6.45) is -0.365. The van der Waals surface area contributed by atoms with Crippen LogP contribution in [0.1, 0.15) is 44.2 Å². The summed E-state index contributed by atoms with van der Waals surface area (Å²) in [4.78, 5) is 26.7. The monoisotopic (exact) mass is 423 g/mol. The molecular weight excluding hydrogens is 394 g/mol. The van der Waals surface area contributed by atoms with Crippen LogP contribution in [0.3, 0.4) is 0 Å². The van der Waals surface area contributed by atoms with E-state index in [-0.39, 0.29) is 24.2 Å². The summed E-state index contributed by atoms with van der Waals surface area (Å²) in [5.74, 6) is -0.481. The second-order valence-electron chi connectivity index (χ2n) is 9.08. The minimum absolute atomic E-state index is 0.0304. The molecule has 4 rings (SSSR count). The van der Waals surface area contributed by atoms with Crippen molar-refractivity contribution in [3.05, 3.63) is 59.7 Å². The summed E-state index contributed by atoms with van der Waals surface area (Å²) < 4.78 is 16.7. The molecule has 0 aromatic heterocycles. The summed E-state index contributed by atoms with van der Waals surface area (Å²) in [6.45, 7) is 6.37. The van der Waals surface area contributed by atoms with Crippen LogP contribution in [0.15, 0.2) is 48.5 Å². The van der Waals surface area contributed by atoms with Crippen LogP contribution < -0.4 is 0 Å². The lowest BCUT2D eigenvalue weighted by molar-refractivity contribution is -0.145. The molecule has 2 aliphatic rings. The van der Waals surface area contributed by atoms with Gasteiger partial charge >= 0.3 is 12.1 Å². The molecule has 1 saturated heterocycles. The van der Waals surface area contributed by atoms with Crippen LogP contribution >= 0.6 is 0 Å². The molecule has 31 heavy (non-hydrogen) atoms. The van der Waals surface area contributed by atoms with E-state index in [0.29, 0.717) is 13.0 Å². The molecular formula is C25H29NO5. The van der Waals surface area contributed by atoms with Crippen molar-refractivity contribution in [1.29, 1.82) is 0 Å². The third-order valence-corrected chi connectivity index (χ3v) is 5.83. The van der Waals surface area contributed by atoms with Crippen molar-refractivity contribution in [3.63, 3.8) is 0 Å². The number of carbonyl (C=O) groups is 2. The summed E-state index contributed by atoms with van der Waals surface area (Å²) >= 11 is 0. The minimum atomic E-state index is -0.701. The molecule has 6 heteroatoms. The van der Waals surface area contributed by atoms with E-state index < -0.39 is 18.1 Å².